The quantitative estimate of drug-likeness (QED) is 0.236. The van der Waals surface area contributed by atoms with Gasteiger partial charge in [-0.15, -0.1) is 0 Å². The maximum absolute atomic E-state index is 10.8. The molecule has 6 N–H and O–H groups in total. The third-order valence-electron chi connectivity index (χ3n) is 7.82. The van der Waals surface area contributed by atoms with Gasteiger partial charge in [0.15, 0.2) is 12.6 Å². The van der Waals surface area contributed by atoms with Crippen LogP contribution in [0.2, 0.25) is 0 Å². The van der Waals surface area contributed by atoms with E-state index in [9.17, 15) is 30.6 Å². The highest BCUT2D eigenvalue weighted by atomic mass is 16.7. The molecule has 0 bridgehead atoms. The second-order valence-electron chi connectivity index (χ2n) is 10.5. The summed E-state index contributed by atoms with van der Waals surface area (Å²) in [4.78, 5) is 0. The van der Waals surface area contributed by atoms with E-state index in [1.165, 1.54) is 0 Å². The van der Waals surface area contributed by atoms with Crippen molar-refractivity contribution in [1.82, 2.24) is 0 Å². The Kier molecular flexibility index (Phi) is 9.97. The second-order valence-corrected chi connectivity index (χ2v) is 10.5. The molecule has 1 saturated carbocycles. The van der Waals surface area contributed by atoms with Crippen LogP contribution in [-0.4, -0.2) is 130 Å². The third kappa shape index (κ3) is 6.05. The Morgan fingerprint density at radius 2 is 1.50 bits per heavy atom. The average molecular weight is 523 g/mol. The summed E-state index contributed by atoms with van der Waals surface area (Å²) in [5, 5.41) is 61.0. The molecule has 0 radical (unpaired) electrons. The molecule has 0 aromatic carbocycles. The fourth-order valence-electron chi connectivity index (χ4n) is 5.59. The van der Waals surface area contributed by atoms with E-state index in [2.05, 4.69) is 0 Å². The van der Waals surface area contributed by atoms with Crippen molar-refractivity contribution >= 4 is 0 Å². The molecule has 0 aromatic rings. The van der Waals surface area contributed by atoms with Crippen molar-refractivity contribution in [1.29, 1.82) is 0 Å². The van der Waals surface area contributed by atoms with Crippen molar-refractivity contribution in [3.8, 4) is 0 Å². The van der Waals surface area contributed by atoms with E-state index in [1.54, 1.807) is 6.92 Å². The maximum Gasteiger partial charge on any atom is 0.187 e. The summed E-state index contributed by atoms with van der Waals surface area (Å²) in [5.74, 6) is 0.0192. The normalized spacial score (nSPS) is 50.7. The van der Waals surface area contributed by atoms with Crippen LogP contribution >= 0.6 is 0 Å². The number of fused-ring (bicyclic) bond motifs is 1. The Morgan fingerprint density at radius 1 is 0.722 bits per heavy atom. The third-order valence-corrected chi connectivity index (χ3v) is 7.82. The zero-order valence-corrected chi connectivity index (χ0v) is 20.9. The lowest BCUT2D eigenvalue weighted by Crippen LogP contribution is -2.63. The lowest BCUT2D eigenvalue weighted by atomic mass is 9.85. The number of ether oxygens (including phenoxy) is 6. The van der Waals surface area contributed by atoms with Crippen molar-refractivity contribution in [2.45, 2.75) is 126 Å². The molecule has 4 fully saturated rings. The number of hydrogen-bond donors (Lipinski definition) is 6. The fourth-order valence-corrected chi connectivity index (χ4v) is 5.59. The first kappa shape index (κ1) is 28.5. The summed E-state index contributed by atoms with van der Waals surface area (Å²) in [6.07, 6.45) is -8.77. The summed E-state index contributed by atoms with van der Waals surface area (Å²) < 4.78 is 36.1. The summed E-state index contributed by atoms with van der Waals surface area (Å²) in [6.45, 7) is 3.29. The van der Waals surface area contributed by atoms with E-state index < -0.39 is 86.3 Å². The zero-order chi connectivity index (χ0) is 26.0. The maximum atomic E-state index is 10.8. The number of aliphatic hydroxyl groups is 6. The van der Waals surface area contributed by atoms with E-state index >= 15 is 0 Å². The first-order valence-electron chi connectivity index (χ1n) is 13.1. The van der Waals surface area contributed by atoms with Gasteiger partial charge in [0, 0.05) is 6.61 Å². The zero-order valence-electron chi connectivity index (χ0n) is 20.9. The van der Waals surface area contributed by atoms with Crippen LogP contribution in [0.15, 0.2) is 0 Å². The van der Waals surface area contributed by atoms with Gasteiger partial charge in [-0.3, -0.25) is 0 Å². The highest BCUT2D eigenvalue weighted by molar-refractivity contribution is 4.95. The van der Waals surface area contributed by atoms with Gasteiger partial charge < -0.3 is 59.1 Å². The van der Waals surface area contributed by atoms with Crippen LogP contribution < -0.4 is 0 Å². The van der Waals surface area contributed by atoms with Crippen LogP contribution in [0.5, 0.6) is 0 Å². The average Bonchev–Trinajstić information content (AvgIpc) is 2.85. The highest BCUT2D eigenvalue weighted by Crippen LogP contribution is 2.36. The van der Waals surface area contributed by atoms with Crippen molar-refractivity contribution in [2.24, 2.45) is 5.92 Å². The van der Waals surface area contributed by atoms with Gasteiger partial charge in [0.05, 0.1) is 37.6 Å². The molecule has 0 aromatic heterocycles. The number of rotatable bonds is 6. The molecule has 14 atom stereocenters. The van der Waals surface area contributed by atoms with Crippen LogP contribution in [0.4, 0.5) is 0 Å². The van der Waals surface area contributed by atoms with Crippen molar-refractivity contribution < 1.29 is 59.1 Å². The molecule has 3 aliphatic heterocycles. The Balaban J connectivity index is 1.51. The van der Waals surface area contributed by atoms with E-state index in [1.807, 2.05) is 6.92 Å². The first-order valence-corrected chi connectivity index (χ1v) is 13.1. The summed E-state index contributed by atoms with van der Waals surface area (Å²) >= 11 is 0. The van der Waals surface area contributed by atoms with Crippen LogP contribution in [0, 0.1) is 5.92 Å². The molecule has 0 spiro atoms. The van der Waals surface area contributed by atoms with Gasteiger partial charge in [-0.25, -0.2) is 0 Å². The number of aliphatic hydroxyl groups excluding tert-OH is 6. The van der Waals surface area contributed by atoms with Gasteiger partial charge in [0.25, 0.3) is 0 Å². The predicted molar refractivity (Wildman–Crippen MR) is 122 cm³/mol. The van der Waals surface area contributed by atoms with Crippen LogP contribution in [-0.2, 0) is 28.4 Å². The van der Waals surface area contributed by atoms with E-state index in [4.69, 9.17) is 28.4 Å². The Bertz CT molecular complexity index is 683. The molecular weight excluding hydrogens is 480 g/mol. The van der Waals surface area contributed by atoms with E-state index in [-0.39, 0.29) is 12.5 Å². The predicted octanol–water partition coefficient (Wildman–Crippen LogP) is -1.59. The number of hydrogen-bond acceptors (Lipinski definition) is 12. The standard InChI is InChI=1S/C24H42O12/c1-11-5-3-7-14(20(11)36-23-19(30)18(29)16(27)12(2)32-23)34-24-22-21(17(28)15(10-26)35-24)33-13(9-25)6-4-8-31-22/h11-30H,3-10H2,1-2H3/t11?,12?,13-,14-,15?,16-,17+,18?,19+,20?,21?,22?,23+,24-/m1/s1. The molecule has 1 aliphatic carbocycles. The van der Waals surface area contributed by atoms with Crippen LogP contribution in [0.1, 0.15) is 46.0 Å². The molecule has 4 rings (SSSR count). The summed E-state index contributed by atoms with van der Waals surface area (Å²) in [6, 6.07) is 0. The molecule has 36 heavy (non-hydrogen) atoms. The van der Waals surface area contributed by atoms with Crippen LogP contribution in [0.3, 0.4) is 0 Å². The van der Waals surface area contributed by atoms with Gasteiger partial charge in [0.1, 0.15) is 42.7 Å². The summed E-state index contributed by atoms with van der Waals surface area (Å²) in [7, 11) is 0. The lowest BCUT2D eigenvalue weighted by molar-refractivity contribution is -0.355. The topological polar surface area (TPSA) is 177 Å². The molecule has 12 nitrogen and oxygen atoms in total. The van der Waals surface area contributed by atoms with Crippen molar-refractivity contribution in [3.05, 3.63) is 0 Å². The molecule has 0 amide bonds. The monoisotopic (exact) mass is 522 g/mol. The van der Waals surface area contributed by atoms with Gasteiger partial charge in [0.2, 0.25) is 0 Å². The van der Waals surface area contributed by atoms with Gasteiger partial charge in [-0.05, 0) is 38.5 Å². The second kappa shape index (κ2) is 12.6. The smallest absolute Gasteiger partial charge is 0.187 e. The molecule has 4 aliphatic rings. The fraction of sp³-hybridized carbons (Fsp3) is 1.00. The van der Waals surface area contributed by atoms with Crippen LogP contribution in [0.25, 0.3) is 0 Å². The molecule has 7 unspecified atom stereocenters. The molecule has 3 saturated heterocycles. The SMILES string of the molecule is CC1CCC[C@@H](O[C@@H]2OC(CO)[C@H](O)C3O[C@@H](CO)CCCOC32)C1O[C@@H]1OC(C)[C@@H](O)C(O)[C@@H]1O. The lowest BCUT2D eigenvalue weighted by Gasteiger charge is -2.48. The van der Waals surface area contributed by atoms with Gasteiger partial charge >= 0.3 is 0 Å². The largest absolute Gasteiger partial charge is 0.394 e. The molecule has 210 valence electrons. The van der Waals surface area contributed by atoms with Crippen molar-refractivity contribution in [3.63, 3.8) is 0 Å². The first-order chi connectivity index (χ1) is 17.2. The molecule has 3 heterocycles. The van der Waals surface area contributed by atoms with E-state index in [0.717, 1.165) is 12.8 Å². The Morgan fingerprint density at radius 3 is 2.22 bits per heavy atom. The molecule has 12 heteroatoms. The minimum atomic E-state index is -1.44. The minimum Gasteiger partial charge on any atom is -0.394 e. The van der Waals surface area contributed by atoms with Crippen molar-refractivity contribution in [2.75, 3.05) is 19.8 Å². The van der Waals surface area contributed by atoms with E-state index in [0.29, 0.717) is 25.9 Å². The Labute approximate surface area is 211 Å². The minimum absolute atomic E-state index is 0.0192. The van der Waals surface area contributed by atoms with Gasteiger partial charge in [-0.2, -0.15) is 0 Å². The Hall–Kier alpha value is -0.480. The molecular formula is C24H42O12. The van der Waals surface area contributed by atoms with Gasteiger partial charge in [-0.1, -0.05) is 13.3 Å². The highest BCUT2D eigenvalue weighted by Gasteiger charge is 2.51. The summed E-state index contributed by atoms with van der Waals surface area (Å²) in [5.41, 5.74) is 0.